The Hall–Kier alpha value is -1.31. The normalized spacial score (nSPS) is 19.7. The molecule has 0 spiro atoms. The Labute approximate surface area is 115 Å². The highest BCUT2D eigenvalue weighted by atomic mass is 15.0. The summed E-state index contributed by atoms with van der Waals surface area (Å²) in [4.78, 5) is 4.82. The Morgan fingerprint density at radius 2 is 2.21 bits per heavy atom. The quantitative estimate of drug-likeness (QED) is 0.787. The van der Waals surface area contributed by atoms with E-state index in [0.717, 1.165) is 18.0 Å². The van der Waals surface area contributed by atoms with Gasteiger partial charge in [0.2, 0.25) is 0 Å². The van der Waals surface area contributed by atoms with Crippen molar-refractivity contribution >= 4 is 5.65 Å². The predicted octanol–water partition coefficient (Wildman–Crippen LogP) is 4.18. The first kappa shape index (κ1) is 12.7. The van der Waals surface area contributed by atoms with Gasteiger partial charge in [-0.05, 0) is 55.2 Å². The molecule has 19 heavy (non-hydrogen) atoms. The lowest BCUT2D eigenvalue weighted by atomic mass is 9.70. The summed E-state index contributed by atoms with van der Waals surface area (Å²) in [5, 5.41) is 0. The molecule has 0 aliphatic heterocycles. The van der Waals surface area contributed by atoms with Crippen LogP contribution in [0.5, 0.6) is 0 Å². The molecule has 0 amide bonds. The van der Waals surface area contributed by atoms with E-state index in [2.05, 4.69) is 50.4 Å². The van der Waals surface area contributed by atoms with E-state index in [9.17, 15) is 0 Å². The molecule has 0 aromatic carbocycles. The molecule has 0 radical (unpaired) electrons. The number of aryl methyl sites for hydroxylation is 2. The molecule has 2 nitrogen and oxygen atoms in total. The molecule has 102 valence electrons. The molecule has 2 heteroatoms. The summed E-state index contributed by atoms with van der Waals surface area (Å²) >= 11 is 0. The second-order valence-electron chi connectivity index (χ2n) is 6.72. The second-order valence-corrected chi connectivity index (χ2v) is 6.72. The first-order chi connectivity index (χ1) is 9.01. The minimum Gasteiger partial charge on any atom is -0.304 e. The minimum absolute atomic E-state index is 0.437. The molecule has 0 saturated carbocycles. The number of pyridine rings is 1. The average molecular weight is 256 g/mol. The van der Waals surface area contributed by atoms with Crippen LogP contribution >= 0.6 is 0 Å². The van der Waals surface area contributed by atoms with Gasteiger partial charge in [-0.25, -0.2) is 4.98 Å². The summed E-state index contributed by atoms with van der Waals surface area (Å²) in [6, 6.07) is 4.38. The van der Waals surface area contributed by atoms with Crippen LogP contribution in [0.3, 0.4) is 0 Å². The minimum atomic E-state index is 0.437. The lowest BCUT2D eigenvalue weighted by Gasteiger charge is -2.36. The van der Waals surface area contributed by atoms with Crippen molar-refractivity contribution in [2.75, 3.05) is 0 Å². The zero-order chi connectivity index (χ0) is 13.6. The largest absolute Gasteiger partial charge is 0.304 e. The van der Waals surface area contributed by atoms with Crippen molar-refractivity contribution in [3.63, 3.8) is 0 Å². The summed E-state index contributed by atoms with van der Waals surface area (Å²) in [6.07, 6.45) is 7.06. The van der Waals surface area contributed by atoms with Crippen molar-refractivity contribution in [3.8, 4) is 0 Å². The molecule has 0 saturated heterocycles. The van der Waals surface area contributed by atoms with E-state index in [1.807, 2.05) is 0 Å². The van der Waals surface area contributed by atoms with Gasteiger partial charge in [0.15, 0.2) is 0 Å². The maximum atomic E-state index is 4.82. The standard InChI is InChI=1S/C17H24N2/c1-5-17(3,4)13-6-7-14-15(11-13)19-9-8-12(2)10-16(19)18-14/h8-10,13H,5-7,11H2,1-4H3. The highest BCUT2D eigenvalue weighted by molar-refractivity contribution is 5.46. The zero-order valence-corrected chi connectivity index (χ0v) is 12.5. The number of nitrogens with zero attached hydrogens (tertiary/aromatic N) is 2. The van der Waals surface area contributed by atoms with Crippen molar-refractivity contribution in [2.24, 2.45) is 11.3 Å². The van der Waals surface area contributed by atoms with Crippen molar-refractivity contribution in [2.45, 2.75) is 53.4 Å². The Morgan fingerprint density at radius 1 is 1.42 bits per heavy atom. The third kappa shape index (κ3) is 2.07. The second kappa shape index (κ2) is 4.36. The molecule has 1 aliphatic carbocycles. The summed E-state index contributed by atoms with van der Waals surface area (Å²) < 4.78 is 2.31. The van der Waals surface area contributed by atoms with E-state index in [1.165, 1.54) is 36.2 Å². The van der Waals surface area contributed by atoms with Gasteiger partial charge in [0.05, 0.1) is 5.69 Å². The number of rotatable bonds is 2. The molecule has 0 N–H and O–H groups in total. The molecule has 1 aliphatic rings. The summed E-state index contributed by atoms with van der Waals surface area (Å²) in [5.74, 6) is 0.784. The topological polar surface area (TPSA) is 17.3 Å². The third-order valence-corrected chi connectivity index (χ3v) is 5.15. The van der Waals surface area contributed by atoms with Crippen LogP contribution in [0.15, 0.2) is 18.3 Å². The molecular weight excluding hydrogens is 232 g/mol. The van der Waals surface area contributed by atoms with Gasteiger partial charge in [0.1, 0.15) is 5.65 Å². The predicted molar refractivity (Wildman–Crippen MR) is 79.5 cm³/mol. The van der Waals surface area contributed by atoms with Crippen molar-refractivity contribution in [1.29, 1.82) is 0 Å². The molecule has 2 heterocycles. The van der Waals surface area contributed by atoms with Crippen LogP contribution in [0.25, 0.3) is 5.65 Å². The number of fused-ring (bicyclic) bond motifs is 3. The van der Waals surface area contributed by atoms with E-state index in [1.54, 1.807) is 0 Å². The Balaban J connectivity index is 2.02. The maximum Gasteiger partial charge on any atom is 0.137 e. The van der Waals surface area contributed by atoms with Crippen LogP contribution in [0.4, 0.5) is 0 Å². The first-order valence-corrected chi connectivity index (χ1v) is 7.47. The average Bonchev–Trinajstić information content (AvgIpc) is 2.74. The maximum absolute atomic E-state index is 4.82. The fourth-order valence-electron chi connectivity index (χ4n) is 3.26. The molecular formula is C17H24N2. The van der Waals surface area contributed by atoms with E-state index in [-0.39, 0.29) is 0 Å². The molecule has 2 aromatic heterocycles. The summed E-state index contributed by atoms with van der Waals surface area (Å²) in [6.45, 7) is 9.27. The smallest absolute Gasteiger partial charge is 0.137 e. The Bertz CT molecular complexity index is 607. The SMILES string of the molecule is CCC(C)(C)C1CCc2nc3cc(C)ccn3c2C1. The summed E-state index contributed by atoms with van der Waals surface area (Å²) in [5.41, 5.74) is 5.63. The monoisotopic (exact) mass is 256 g/mol. The van der Waals surface area contributed by atoms with Gasteiger partial charge in [0.25, 0.3) is 0 Å². The van der Waals surface area contributed by atoms with E-state index < -0.39 is 0 Å². The van der Waals surface area contributed by atoms with E-state index in [4.69, 9.17) is 4.98 Å². The van der Waals surface area contributed by atoms with Gasteiger partial charge in [-0.1, -0.05) is 27.2 Å². The lowest BCUT2D eigenvalue weighted by Crippen LogP contribution is -2.29. The van der Waals surface area contributed by atoms with Crippen LogP contribution in [0, 0.1) is 18.3 Å². The van der Waals surface area contributed by atoms with E-state index >= 15 is 0 Å². The van der Waals surface area contributed by atoms with Crippen LogP contribution < -0.4 is 0 Å². The number of imidazole rings is 1. The van der Waals surface area contributed by atoms with Gasteiger partial charge in [-0.15, -0.1) is 0 Å². The molecule has 0 fully saturated rings. The van der Waals surface area contributed by atoms with Gasteiger partial charge in [-0.3, -0.25) is 0 Å². The van der Waals surface area contributed by atoms with E-state index in [0.29, 0.717) is 5.41 Å². The van der Waals surface area contributed by atoms with Gasteiger partial charge in [-0.2, -0.15) is 0 Å². The zero-order valence-electron chi connectivity index (χ0n) is 12.5. The Morgan fingerprint density at radius 3 is 2.95 bits per heavy atom. The highest BCUT2D eigenvalue weighted by Crippen LogP contribution is 2.39. The fraction of sp³-hybridized carbons (Fsp3) is 0.588. The van der Waals surface area contributed by atoms with Gasteiger partial charge >= 0.3 is 0 Å². The highest BCUT2D eigenvalue weighted by Gasteiger charge is 2.32. The molecule has 3 rings (SSSR count). The van der Waals surface area contributed by atoms with Crippen LogP contribution in [-0.2, 0) is 12.8 Å². The van der Waals surface area contributed by atoms with Gasteiger partial charge in [0, 0.05) is 11.9 Å². The first-order valence-electron chi connectivity index (χ1n) is 7.47. The lowest BCUT2D eigenvalue weighted by molar-refractivity contribution is 0.180. The van der Waals surface area contributed by atoms with Crippen molar-refractivity contribution in [3.05, 3.63) is 35.3 Å². The number of hydrogen-bond donors (Lipinski definition) is 0. The Kier molecular flexibility index (Phi) is 2.92. The third-order valence-electron chi connectivity index (χ3n) is 5.15. The number of aromatic nitrogens is 2. The fourth-order valence-corrected chi connectivity index (χ4v) is 3.26. The van der Waals surface area contributed by atoms with Crippen LogP contribution in [-0.4, -0.2) is 9.38 Å². The molecule has 0 bridgehead atoms. The number of hydrogen-bond acceptors (Lipinski definition) is 1. The molecule has 1 atom stereocenters. The molecule has 1 unspecified atom stereocenters. The van der Waals surface area contributed by atoms with Crippen LogP contribution in [0.2, 0.25) is 0 Å². The molecule has 2 aromatic rings. The van der Waals surface area contributed by atoms with Crippen molar-refractivity contribution < 1.29 is 0 Å². The summed E-state index contributed by atoms with van der Waals surface area (Å²) in [7, 11) is 0. The van der Waals surface area contributed by atoms with Crippen LogP contribution in [0.1, 0.15) is 50.6 Å². The van der Waals surface area contributed by atoms with Gasteiger partial charge < -0.3 is 4.40 Å². The van der Waals surface area contributed by atoms with Crippen molar-refractivity contribution in [1.82, 2.24) is 9.38 Å².